The number of halogens is 1. The van der Waals surface area contributed by atoms with Crippen molar-refractivity contribution < 1.29 is 13.2 Å². The van der Waals surface area contributed by atoms with Gasteiger partial charge >= 0.3 is 0 Å². The van der Waals surface area contributed by atoms with Crippen molar-refractivity contribution in [2.24, 2.45) is 4.99 Å². The quantitative estimate of drug-likeness (QED) is 0.298. The molecule has 29 heavy (non-hydrogen) atoms. The van der Waals surface area contributed by atoms with E-state index in [0.29, 0.717) is 37.7 Å². The van der Waals surface area contributed by atoms with E-state index in [1.54, 1.807) is 26.0 Å². The Morgan fingerprint density at radius 2 is 1.83 bits per heavy atom. The molecule has 1 saturated heterocycles. The van der Waals surface area contributed by atoms with Crippen molar-refractivity contribution >= 4 is 45.7 Å². The van der Waals surface area contributed by atoms with E-state index in [1.165, 1.54) is 0 Å². The average molecular weight is 537 g/mol. The largest absolute Gasteiger partial charge is 0.356 e. The lowest BCUT2D eigenvalue weighted by atomic mass is 10.1. The lowest BCUT2D eigenvalue weighted by molar-refractivity contribution is 0.0827. The van der Waals surface area contributed by atoms with Crippen molar-refractivity contribution in [2.75, 3.05) is 65.4 Å². The molecule has 0 bridgehead atoms. The van der Waals surface area contributed by atoms with E-state index in [0.717, 1.165) is 18.5 Å². The zero-order valence-corrected chi connectivity index (χ0v) is 20.5. The van der Waals surface area contributed by atoms with Crippen LogP contribution in [0.5, 0.6) is 0 Å². The minimum atomic E-state index is -2.84. The van der Waals surface area contributed by atoms with Gasteiger partial charge in [-0.3, -0.25) is 14.7 Å². The maximum Gasteiger partial charge on any atom is 0.253 e. The summed E-state index contributed by atoms with van der Waals surface area (Å²) in [5.41, 5.74) is 1.78. The molecule has 1 aromatic carbocycles. The van der Waals surface area contributed by atoms with Gasteiger partial charge in [0.2, 0.25) is 0 Å². The molecule has 0 aliphatic carbocycles. The van der Waals surface area contributed by atoms with Gasteiger partial charge in [0.1, 0.15) is 0 Å². The van der Waals surface area contributed by atoms with Gasteiger partial charge in [-0.05, 0) is 24.1 Å². The van der Waals surface area contributed by atoms with Crippen molar-refractivity contribution in [3.8, 4) is 0 Å². The number of aliphatic imine (C=N–C) groups is 1. The number of nitrogens with one attached hydrogen (secondary N) is 2. The highest BCUT2D eigenvalue weighted by Crippen LogP contribution is 2.07. The van der Waals surface area contributed by atoms with E-state index in [1.807, 2.05) is 24.3 Å². The predicted molar refractivity (Wildman–Crippen MR) is 128 cm³/mol. The zero-order chi connectivity index (χ0) is 20.6. The molecule has 0 aromatic heterocycles. The summed E-state index contributed by atoms with van der Waals surface area (Å²) in [6, 6.07) is 7.66. The standard InChI is InChI=1S/C19H31N5O3S.HI/c1-20-19(22-9-10-24-11-13-28(26,27)14-12-24)21-8-7-16-5-4-6-17(15-16)18(25)23(2)3;/h4-6,15H,7-14H2,1-3H3,(H2,20,21,22);1H. The van der Waals surface area contributed by atoms with Gasteiger partial charge in [-0.25, -0.2) is 8.42 Å². The Morgan fingerprint density at radius 1 is 1.17 bits per heavy atom. The molecule has 2 N–H and O–H groups in total. The van der Waals surface area contributed by atoms with Crippen LogP contribution in [0.25, 0.3) is 0 Å². The van der Waals surface area contributed by atoms with Crippen LogP contribution in [0.1, 0.15) is 15.9 Å². The Hall–Kier alpha value is -1.40. The summed E-state index contributed by atoms with van der Waals surface area (Å²) in [7, 11) is 2.38. The number of amides is 1. The van der Waals surface area contributed by atoms with Crippen LogP contribution in [0.15, 0.2) is 29.3 Å². The SMILES string of the molecule is CN=C(NCCc1cccc(C(=O)N(C)C)c1)NCCN1CCS(=O)(=O)CC1.I. The molecule has 0 saturated carbocycles. The van der Waals surface area contributed by atoms with Crippen LogP contribution in [-0.2, 0) is 16.3 Å². The lowest BCUT2D eigenvalue weighted by Crippen LogP contribution is -2.46. The second-order valence-electron chi connectivity index (χ2n) is 7.07. The van der Waals surface area contributed by atoms with Crippen molar-refractivity contribution in [1.29, 1.82) is 0 Å². The Balaban J connectivity index is 0.00000420. The van der Waals surface area contributed by atoms with Crippen molar-refractivity contribution in [1.82, 2.24) is 20.4 Å². The Kier molecular flexibility index (Phi) is 10.9. The second kappa shape index (κ2) is 12.3. The van der Waals surface area contributed by atoms with Crippen LogP contribution in [0, 0.1) is 0 Å². The molecular formula is C19H32IN5O3S. The van der Waals surface area contributed by atoms with Crippen molar-refractivity contribution in [2.45, 2.75) is 6.42 Å². The van der Waals surface area contributed by atoms with E-state index < -0.39 is 9.84 Å². The van der Waals surface area contributed by atoms with Crippen molar-refractivity contribution in [3.63, 3.8) is 0 Å². The van der Waals surface area contributed by atoms with Gasteiger partial charge in [0, 0.05) is 59.4 Å². The summed E-state index contributed by atoms with van der Waals surface area (Å²) in [5.74, 6) is 1.20. The molecule has 1 amide bonds. The normalized spacial score (nSPS) is 16.6. The Bertz CT molecular complexity index is 785. The predicted octanol–water partition coefficient (Wildman–Crippen LogP) is 0.444. The first-order chi connectivity index (χ1) is 13.3. The third-order valence-corrected chi connectivity index (χ3v) is 6.28. The summed E-state index contributed by atoms with van der Waals surface area (Å²) < 4.78 is 22.9. The Labute approximate surface area is 191 Å². The maximum atomic E-state index is 12.1. The fraction of sp³-hybridized carbons (Fsp3) is 0.579. The molecule has 10 heteroatoms. The first-order valence-corrected chi connectivity index (χ1v) is 11.3. The molecule has 0 spiro atoms. The Morgan fingerprint density at radius 3 is 2.45 bits per heavy atom. The molecule has 1 fully saturated rings. The fourth-order valence-corrected chi connectivity index (χ4v) is 4.25. The first kappa shape index (κ1) is 25.6. The van der Waals surface area contributed by atoms with Crippen LogP contribution < -0.4 is 10.6 Å². The molecule has 2 rings (SSSR count). The van der Waals surface area contributed by atoms with E-state index in [-0.39, 0.29) is 41.4 Å². The highest BCUT2D eigenvalue weighted by atomic mass is 127. The van der Waals surface area contributed by atoms with Gasteiger partial charge in [-0.15, -0.1) is 24.0 Å². The molecule has 1 aromatic rings. The van der Waals surface area contributed by atoms with E-state index in [4.69, 9.17) is 0 Å². The topological polar surface area (TPSA) is 94.1 Å². The molecular weight excluding hydrogens is 505 g/mol. The fourth-order valence-electron chi connectivity index (χ4n) is 2.97. The third kappa shape index (κ3) is 8.87. The number of nitrogens with zero attached hydrogens (tertiary/aromatic N) is 3. The number of hydrogen-bond donors (Lipinski definition) is 2. The molecule has 1 aliphatic heterocycles. The minimum Gasteiger partial charge on any atom is -0.356 e. The van der Waals surface area contributed by atoms with Crippen LogP contribution in [0.4, 0.5) is 0 Å². The highest BCUT2D eigenvalue weighted by molar-refractivity contribution is 14.0. The van der Waals surface area contributed by atoms with Gasteiger partial charge < -0.3 is 15.5 Å². The monoisotopic (exact) mass is 537 g/mol. The summed E-state index contributed by atoms with van der Waals surface area (Å²) >= 11 is 0. The van der Waals surface area contributed by atoms with Gasteiger partial charge in [-0.1, -0.05) is 12.1 Å². The van der Waals surface area contributed by atoms with Crippen LogP contribution in [0.3, 0.4) is 0 Å². The highest BCUT2D eigenvalue weighted by Gasteiger charge is 2.20. The average Bonchev–Trinajstić information content (AvgIpc) is 2.67. The maximum absolute atomic E-state index is 12.1. The number of carbonyl (C=O) groups is 1. The number of rotatable bonds is 7. The summed E-state index contributed by atoms with van der Waals surface area (Å²) in [5, 5.41) is 6.52. The van der Waals surface area contributed by atoms with E-state index in [9.17, 15) is 13.2 Å². The van der Waals surface area contributed by atoms with Crippen LogP contribution in [-0.4, -0.2) is 95.5 Å². The van der Waals surface area contributed by atoms with Gasteiger partial charge in [0.25, 0.3) is 5.91 Å². The lowest BCUT2D eigenvalue weighted by Gasteiger charge is -2.26. The molecule has 8 nitrogen and oxygen atoms in total. The number of hydrogen-bond acceptors (Lipinski definition) is 5. The molecule has 1 aliphatic rings. The summed E-state index contributed by atoms with van der Waals surface area (Å²) in [6.45, 7) is 3.37. The van der Waals surface area contributed by atoms with E-state index in [2.05, 4.69) is 20.5 Å². The molecule has 0 atom stereocenters. The first-order valence-electron chi connectivity index (χ1n) is 9.48. The number of carbonyl (C=O) groups excluding carboxylic acids is 1. The van der Waals surface area contributed by atoms with Gasteiger partial charge in [0.15, 0.2) is 15.8 Å². The summed E-state index contributed by atoms with van der Waals surface area (Å²) in [6.07, 6.45) is 0.777. The molecule has 1 heterocycles. The minimum absolute atomic E-state index is 0. The summed E-state index contributed by atoms with van der Waals surface area (Å²) in [4.78, 5) is 20.0. The van der Waals surface area contributed by atoms with Crippen LogP contribution >= 0.6 is 24.0 Å². The van der Waals surface area contributed by atoms with Crippen molar-refractivity contribution in [3.05, 3.63) is 35.4 Å². The molecule has 0 radical (unpaired) electrons. The third-order valence-electron chi connectivity index (χ3n) is 4.67. The van der Waals surface area contributed by atoms with Gasteiger partial charge in [0.05, 0.1) is 11.5 Å². The number of guanidine groups is 1. The smallest absolute Gasteiger partial charge is 0.253 e. The molecule has 0 unspecified atom stereocenters. The second-order valence-corrected chi connectivity index (χ2v) is 9.37. The number of sulfone groups is 1. The molecule has 164 valence electrons. The zero-order valence-electron chi connectivity index (χ0n) is 17.3. The van der Waals surface area contributed by atoms with E-state index >= 15 is 0 Å². The number of benzene rings is 1. The van der Waals surface area contributed by atoms with Crippen LogP contribution in [0.2, 0.25) is 0 Å². The van der Waals surface area contributed by atoms with Gasteiger partial charge in [-0.2, -0.15) is 0 Å².